The molecule has 166 valence electrons. The van der Waals surface area contributed by atoms with Crippen LogP contribution in [-0.2, 0) is 4.74 Å². The van der Waals surface area contributed by atoms with Crippen LogP contribution in [0, 0.1) is 0 Å². The van der Waals surface area contributed by atoms with Crippen molar-refractivity contribution in [1.29, 1.82) is 0 Å². The second kappa shape index (κ2) is 10.9. The highest BCUT2D eigenvalue weighted by molar-refractivity contribution is 7.80. The van der Waals surface area contributed by atoms with Crippen molar-refractivity contribution in [3.63, 3.8) is 0 Å². The molecule has 0 spiro atoms. The van der Waals surface area contributed by atoms with Crippen LogP contribution >= 0.6 is 12.2 Å². The van der Waals surface area contributed by atoms with Gasteiger partial charge in [0, 0.05) is 38.1 Å². The average molecular weight is 443 g/mol. The van der Waals surface area contributed by atoms with E-state index >= 15 is 0 Å². The van der Waals surface area contributed by atoms with E-state index in [1.807, 2.05) is 31.1 Å². The standard InChI is InChI=1S/C22H30N6O2S/c1-4-30-20(29)15-6-5-7-18(14-15)26-22(31)25-17-10-8-16(9-11-17)24-21-23-13-12-19(27-21)28(2)3/h5-7,12-14,16-17H,4,8-11H2,1-3H3,(H,23,24,27)(H2,25,26,31)/t16-,17+. The lowest BCUT2D eigenvalue weighted by Gasteiger charge is -2.30. The van der Waals surface area contributed by atoms with Crippen LogP contribution < -0.4 is 20.9 Å². The smallest absolute Gasteiger partial charge is 0.338 e. The fourth-order valence-corrected chi connectivity index (χ4v) is 3.81. The van der Waals surface area contributed by atoms with Gasteiger partial charge in [0.15, 0.2) is 5.11 Å². The largest absolute Gasteiger partial charge is 0.462 e. The molecule has 1 heterocycles. The second-order valence-electron chi connectivity index (χ2n) is 7.73. The number of rotatable bonds is 7. The Bertz CT molecular complexity index is 899. The molecular formula is C22H30N6O2S. The molecule has 8 nitrogen and oxygen atoms in total. The number of nitrogens with zero attached hydrogens (tertiary/aromatic N) is 3. The van der Waals surface area contributed by atoms with Gasteiger partial charge in [-0.15, -0.1) is 0 Å². The fourth-order valence-electron chi connectivity index (χ4n) is 3.52. The average Bonchev–Trinajstić information content (AvgIpc) is 2.75. The predicted molar refractivity (Wildman–Crippen MR) is 128 cm³/mol. The minimum atomic E-state index is -0.337. The number of anilines is 3. The van der Waals surface area contributed by atoms with Gasteiger partial charge in [0.2, 0.25) is 5.95 Å². The summed E-state index contributed by atoms with van der Waals surface area (Å²) >= 11 is 5.47. The Kier molecular flexibility index (Phi) is 8.00. The molecule has 0 aliphatic heterocycles. The number of hydrogen-bond donors (Lipinski definition) is 3. The van der Waals surface area contributed by atoms with Crippen molar-refractivity contribution >= 4 is 40.8 Å². The number of ether oxygens (including phenoxy) is 1. The van der Waals surface area contributed by atoms with Crippen LogP contribution in [0.2, 0.25) is 0 Å². The van der Waals surface area contributed by atoms with Crippen molar-refractivity contribution in [1.82, 2.24) is 15.3 Å². The third-order valence-electron chi connectivity index (χ3n) is 5.13. The van der Waals surface area contributed by atoms with Gasteiger partial charge in [0.25, 0.3) is 0 Å². The first-order valence-electron chi connectivity index (χ1n) is 10.6. The van der Waals surface area contributed by atoms with Crippen LogP contribution in [0.25, 0.3) is 0 Å². The number of aromatic nitrogens is 2. The summed E-state index contributed by atoms with van der Waals surface area (Å²) in [5.41, 5.74) is 1.26. The molecule has 1 aromatic carbocycles. The predicted octanol–water partition coefficient (Wildman–Crippen LogP) is 3.43. The van der Waals surface area contributed by atoms with E-state index in [2.05, 4.69) is 25.9 Å². The maximum atomic E-state index is 11.9. The minimum absolute atomic E-state index is 0.306. The molecule has 0 saturated heterocycles. The maximum absolute atomic E-state index is 11.9. The number of benzene rings is 1. The Morgan fingerprint density at radius 2 is 1.94 bits per heavy atom. The Labute approximate surface area is 188 Å². The van der Waals surface area contributed by atoms with Gasteiger partial charge in [-0.2, -0.15) is 4.98 Å². The van der Waals surface area contributed by atoms with E-state index in [1.165, 1.54) is 0 Å². The van der Waals surface area contributed by atoms with Crippen molar-refractivity contribution in [3.05, 3.63) is 42.1 Å². The summed E-state index contributed by atoms with van der Waals surface area (Å²) in [6.45, 7) is 2.14. The highest BCUT2D eigenvalue weighted by Crippen LogP contribution is 2.22. The van der Waals surface area contributed by atoms with Crippen LogP contribution in [0.15, 0.2) is 36.5 Å². The topological polar surface area (TPSA) is 91.4 Å². The molecule has 1 fully saturated rings. The first-order chi connectivity index (χ1) is 14.9. The van der Waals surface area contributed by atoms with Crippen LogP contribution in [0.3, 0.4) is 0 Å². The van der Waals surface area contributed by atoms with Crippen molar-refractivity contribution in [2.75, 3.05) is 36.2 Å². The molecule has 0 unspecified atom stereocenters. The lowest BCUT2D eigenvalue weighted by atomic mass is 9.91. The molecule has 3 rings (SSSR count). The third kappa shape index (κ3) is 6.78. The van der Waals surface area contributed by atoms with Crippen molar-refractivity contribution in [2.45, 2.75) is 44.7 Å². The van der Waals surface area contributed by atoms with E-state index in [-0.39, 0.29) is 5.97 Å². The monoisotopic (exact) mass is 442 g/mol. The van der Waals surface area contributed by atoms with E-state index in [0.29, 0.717) is 35.3 Å². The molecule has 1 saturated carbocycles. The van der Waals surface area contributed by atoms with Crippen molar-refractivity contribution in [3.8, 4) is 0 Å². The molecule has 3 N–H and O–H groups in total. The zero-order valence-electron chi connectivity index (χ0n) is 18.2. The Balaban J connectivity index is 1.45. The first-order valence-corrected chi connectivity index (χ1v) is 11.0. The summed E-state index contributed by atoms with van der Waals surface area (Å²) in [5.74, 6) is 1.22. The lowest BCUT2D eigenvalue weighted by molar-refractivity contribution is 0.0526. The van der Waals surface area contributed by atoms with Crippen molar-refractivity contribution in [2.24, 2.45) is 0 Å². The zero-order valence-corrected chi connectivity index (χ0v) is 19.0. The number of hydrogen-bond acceptors (Lipinski definition) is 7. The van der Waals surface area contributed by atoms with Crippen LogP contribution in [0.5, 0.6) is 0 Å². The van der Waals surface area contributed by atoms with Gasteiger partial charge in [-0.05, 0) is 69.1 Å². The summed E-state index contributed by atoms with van der Waals surface area (Å²) in [6.07, 6.45) is 5.78. The number of esters is 1. The summed E-state index contributed by atoms with van der Waals surface area (Å²) in [4.78, 5) is 22.7. The molecule has 31 heavy (non-hydrogen) atoms. The Morgan fingerprint density at radius 1 is 1.19 bits per heavy atom. The quantitative estimate of drug-likeness (QED) is 0.441. The van der Waals surface area contributed by atoms with Gasteiger partial charge in [-0.3, -0.25) is 0 Å². The highest BCUT2D eigenvalue weighted by Gasteiger charge is 2.22. The van der Waals surface area contributed by atoms with Crippen LogP contribution in [-0.4, -0.2) is 53.8 Å². The van der Waals surface area contributed by atoms with Crippen LogP contribution in [0.4, 0.5) is 17.5 Å². The number of thiocarbonyl (C=S) groups is 1. The van der Waals surface area contributed by atoms with Gasteiger partial charge < -0.3 is 25.6 Å². The van der Waals surface area contributed by atoms with Gasteiger partial charge in [0.1, 0.15) is 5.82 Å². The van der Waals surface area contributed by atoms with Crippen LogP contribution in [0.1, 0.15) is 43.0 Å². The Morgan fingerprint density at radius 3 is 2.65 bits per heavy atom. The maximum Gasteiger partial charge on any atom is 0.338 e. The lowest BCUT2D eigenvalue weighted by Crippen LogP contribution is -2.42. The number of carbonyl (C=O) groups excluding carboxylic acids is 1. The Hall–Kier alpha value is -2.94. The van der Waals surface area contributed by atoms with E-state index in [9.17, 15) is 4.79 Å². The SMILES string of the molecule is CCOC(=O)c1cccc(NC(=S)N[C@H]2CC[C@@H](Nc3nccc(N(C)C)n3)CC2)c1. The van der Waals surface area contributed by atoms with Gasteiger partial charge >= 0.3 is 5.97 Å². The minimum Gasteiger partial charge on any atom is -0.462 e. The second-order valence-corrected chi connectivity index (χ2v) is 8.13. The number of carbonyl (C=O) groups is 1. The summed E-state index contributed by atoms with van der Waals surface area (Å²) < 4.78 is 5.05. The first kappa shape index (κ1) is 22.7. The molecule has 2 aromatic rings. The van der Waals surface area contributed by atoms with Gasteiger partial charge in [-0.25, -0.2) is 9.78 Å². The molecule has 1 aromatic heterocycles. The van der Waals surface area contributed by atoms with Crippen molar-refractivity contribution < 1.29 is 9.53 Å². The van der Waals surface area contributed by atoms with Gasteiger partial charge in [0.05, 0.1) is 12.2 Å². The summed E-state index contributed by atoms with van der Waals surface area (Å²) in [7, 11) is 3.93. The molecule has 1 aliphatic carbocycles. The zero-order chi connectivity index (χ0) is 22.2. The molecule has 9 heteroatoms. The van der Waals surface area contributed by atoms with E-state index < -0.39 is 0 Å². The highest BCUT2D eigenvalue weighted by atomic mass is 32.1. The molecule has 1 aliphatic rings. The molecule has 0 amide bonds. The normalized spacial score (nSPS) is 18.0. The number of nitrogens with one attached hydrogen (secondary N) is 3. The van der Waals surface area contributed by atoms with E-state index in [0.717, 1.165) is 37.2 Å². The molecule has 0 radical (unpaired) electrons. The van der Waals surface area contributed by atoms with E-state index in [1.54, 1.807) is 31.3 Å². The fraction of sp³-hybridized carbons (Fsp3) is 0.455. The third-order valence-corrected chi connectivity index (χ3v) is 5.35. The van der Waals surface area contributed by atoms with E-state index in [4.69, 9.17) is 17.0 Å². The summed E-state index contributed by atoms with van der Waals surface area (Å²) in [6, 6.07) is 9.70. The van der Waals surface area contributed by atoms with Gasteiger partial charge in [-0.1, -0.05) is 6.07 Å². The molecule has 0 atom stereocenters. The summed E-state index contributed by atoms with van der Waals surface area (Å²) in [5, 5.41) is 10.6. The molecule has 0 bridgehead atoms. The molecular weight excluding hydrogens is 412 g/mol.